The third kappa shape index (κ3) is 6.55. The predicted octanol–water partition coefficient (Wildman–Crippen LogP) is 4.65. The molecule has 0 spiro atoms. The smallest absolute Gasteiger partial charge is 0.0175 e. The van der Waals surface area contributed by atoms with Crippen LogP contribution in [0.3, 0.4) is 0 Å². The Hall–Kier alpha value is -0.340. The van der Waals surface area contributed by atoms with Crippen LogP contribution in [0.5, 0.6) is 0 Å². The van der Waals surface area contributed by atoms with Crippen molar-refractivity contribution in [3.8, 4) is 0 Å². The Balaban J connectivity index is 2.34. The fraction of sp³-hybridized carbons (Fsp3) is 0.625. The molecule has 0 unspecified atom stereocenters. The van der Waals surface area contributed by atoms with E-state index < -0.39 is 0 Å². The van der Waals surface area contributed by atoms with E-state index in [9.17, 15) is 0 Å². The van der Waals surface area contributed by atoms with Gasteiger partial charge in [-0.25, -0.2) is 0 Å². The van der Waals surface area contributed by atoms with Gasteiger partial charge in [-0.15, -0.1) is 0 Å². The summed E-state index contributed by atoms with van der Waals surface area (Å²) in [6.07, 6.45) is 2.38. The van der Waals surface area contributed by atoms with Gasteiger partial charge in [0.05, 0.1) is 0 Å². The Bertz CT molecular complexity index is 341. The molecule has 0 radical (unpaired) electrons. The van der Waals surface area contributed by atoms with E-state index in [1.54, 1.807) is 0 Å². The molecule has 0 amide bonds. The third-order valence-electron chi connectivity index (χ3n) is 3.16. The lowest BCUT2D eigenvalue weighted by Gasteiger charge is -2.25. The minimum atomic E-state index is 0.363. The highest BCUT2D eigenvalue weighted by Gasteiger charge is 2.17. The van der Waals surface area contributed by atoms with Crippen LogP contribution < -0.4 is 5.32 Å². The molecule has 0 aliphatic rings. The maximum absolute atomic E-state index is 3.56. The van der Waals surface area contributed by atoms with Gasteiger partial charge in [-0.1, -0.05) is 55.8 Å². The summed E-state index contributed by atoms with van der Waals surface area (Å²) in [7, 11) is 0. The van der Waals surface area contributed by atoms with E-state index in [0.29, 0.717) is 5.41 Å². The lowest BCUT2D eigenvalue weighted by molar-refractivity contribution is 0.308. The SMILES string of the molecule is CC(C)CNCC(C)(C)CCc1ccc(Br)cc1. The topological polar surface area (TPSA) is 12.0 Å². The van der Waals surface area contributed by atoms with E-state index in [1.807, 2.05) is 0 Å². The Labute approximate surface area is 120 Å². The first-order valence-corrected chi connectivity index (χ1v) is 7.63. The number of nitrogens with one attached hydrogen (secondary N) is 1. The maximum Gasteiger partial charge on any atom is 0.0175 e. The van der Waals surface area contributed by atoms with Crippen LogP contribution in [0.15, 0.2) is 28.7 Å². The summed E-state index contributed by atoms with van der Waals surface area (Å²) in [5.74, 6) is 0.729. The quantitative estimate of drug-likeness (QED) is 0.772. The van der Waals surface area contributed by atoms with Crippen molar-refractivity contribution in [3.05, 3.63) is 34.3 Å². The van der Waals surface area contributed by atoms with Crippen LogP contribution in [0.2, 0.25) is 0 Å². The van der Waals surface area contributed by atoms with Crippen molar-refractivity contribution in [2.45, 2.75) is 40.5 Å². The molecule has 0 aromatic heterocycles. The number of halogens is 1. The molecule has 0 atom stereocenters. The van der Waals surface area contributed by atoms with E-state index in [0.717, 1.165) is 29.9 Å². The summed E-state index contributed by atoms with van der Waals surface area (Å²) in [4.78, 5) is 0. The maximum atomic E-state index is 3.56. The van der Waals surface area contributed by atoms with E-state index in [4.69, 9.17) is 0 Å². The molecular weight excluding hydrogens is 286 g/mol. The lowest BCUT2D eigenvalue weighted by atomic mass is 9.86. The summed E-state index contributed by atoms with van der Waals surface area (Å²) in [5.41, 5.74) is 1.79. The monoisotopic (exact) mass is 311 g/mol. The van der Waals surface area contributed by atoms with Gasteiger partial charge in [0, 0.05) is 11.0 Å². The number of hydrogen-bond acceptors (Lipinski definition) is 1. The van der Waals surface area contributed by atoms with Gasteiger partial charge in [-0.3, -0.25) is 0 Å². The van der Waals surface area contributed by atoms with Crippen LogP contribution in [0.25, 0.3) is 0 Å². The van der Waals surface area contributed by atoms with Crippen LogP contribution >= 0.6 is 15.9 Å². The van der Waals surface area contributed by atoms with Crippen molar-refractivity contribution in [2.75, 3.05) is 13.1 Å². The van der Waals surface area contributed by atoms with Gasteiger partial charge in [0.1, 0.15) is 0 Å². The lowest BCUT2D eigenvalue weighted by Crippen LogP contribution is -2.32. The molecular formula is C16H26BrN. The van der Waals surface area contributed by atoms with Crippen LogP contribution in [-0.2, 0) is 6.42 Å². The van der Waals surface area contributed by atoms with E-state index in [-0.39, 0.29) is 0 Å². The molecule has 0 saturated heterocycles. The van der Waals surface area contributed by atoms with Gasteiger partial charge < -0.3 is 5.32 Å². The highest BCUT2D eigenvalue weighted by atomic mass is 79.9. The molecule has 1 aromatic rings. The predicted molar refractivity (Wildman–Crippen MR) is 84.0 cm³/mol. The minimum Gasteiger partial charge on any atom is -0.316 e. The molecule has 0 saturated carbocycles. The van der Waals surface area contributed by atoms with Crippen molar-refractivity contribution in [1.82, 2.24) is 5.32 Å². The minimum absolute atomic E-state index is 0.363. The van der Waals surface area contributed by atoms with Crippen LogP contribution in [0.4, 0.5) is 0 Å². The first-order valence-electron chi connectivity index (χ1n) is 6.84. The molecule has 0 aliphatic carbocycles. The van der Waals surface area contributed by atoms with Crippen molar-refractivity contribution in [1.29, 1.82) is 0 Å². The van der Waals surface area contributed by atoms with E-state index >= 15 is 0 Å². The van der Waals surface area contributed by atoms with Crippen LogP contribution in [-0.4, -0.2) is 13.1 Å². The fourth-order valence-electron chi connectivity index (χ4n) is 1.92. The summed E-state index contributed by atoms with van der Waals surface area (Å²) >= 11 is 3.47. The number of rotatable bonds is 7. The second kappa shape index (κ2) is 7.30. The summed E-state index contributed by atoms with van der Waals surface area (Å²) in [5, 5.41) is 3.56. The standard InChI is InChI=1S/C16H26BrN/c1-13(2)11-18-12-16(3,4)10-9-14-5-7-15(17)8-6-14/h5-8,13,18H,9-12H2,1-4H3. The molecule has 0 fully saturated rings. The largest absolute Gasteiger partial charge is 0.316 e. The molecule has 1 aromatic carbocycles. The van der Waals surface area contributed by atoms with Gasteiger partial charge in [0.25, 0.3) is 0 Å². The average Bonchev–Trinajstić information content (AvgIpc) is 2.27. The fourth-order valence-corrected chi connectivity index (χ4v) is 2.19. The average molecular weight is 312 g/mol. The van der Waals surface area contributed by atoms with Crippen LogP contribution in [0, 0.1) is 11.3 Å². The molecule has 1 rings (SSSR count). The molecule has 1 nitrogen and oxygen atoms in total. The Morgan fingerprint density at radius 1 is 1.17 bits per heavy atom. The number of hydrogen-bond donors (Lipinski definition) is 1. The van der Waals surface area contributed by atoms with Gasteiger partial charge in [0.15, 0.2) is 0 Å². The highest BCUT2D eigenvalue weighted by Crippen LogP contribution is 2.22. The summed E-state index contributed by atoms with van der Waals surface area (Å²) in [6.45, 7) is 11.4. The molecule has 0 heterocycles. The van der Waals surface area contributed by atoms with Crippen LogP contribution in [0.1, 0.15) is 39.7 Å². The molecule has 0 aliphatic heterocycles. The second-order valence-corrected chi connectivity index (χ2v) is 7.23. The van der Waals surface area contributed by atoms with E-state index in [1.165, 1.54) is 12.0 Å². The van der Waals surface area contributed by atoms with Gasteiger partial charge >= 0.3 is 0 Å². The Morgan fingerprint density at radius 2 is 1.78 bits per heavy atom. The van der Waals surface area contributed by atoms with E-state index in [2.05, 4.69) is 73.2 Å². The molecule has 18 heavy (non-hydrogen) atoms. The summed E-state index contributed by atoms with van der Waals surface area (Å²) < 4.78 is 1.16. The summed E-state index contributed by atoms with van der Waals surface area (Å²) in [6, 6.07) is 8.67. The first-order chi connectivity index (χ1) is 8.39. The zero-order valence-corrected chi connectivity index (χ0v) is 13.7. The normalized spacial score (nSPS) is 12.1. The number of aryl methyl sites for hydroxylation is 1. The molecule has 0 bridgehead atoms. The second-order valence-electron chi connectivity index (χ2n) is 6.32. The van der Waals surface area contributed by atoms with Gasteiger partial charge in [-0.2, -0.15) is 0 Å². The van der Waals surface area contributed by atoms with Crippen molar-refractivity contribution in [3.63, 3.8) is 0 Å². The van der Waals surface area contributed by atoms with Crippen molar-refractivity contribution >= 4 is 15.9 Å². The van der Waals surface area contributed by atoms with Gasteiger partial charge in [0.2, 0.25) is 0 Å². The van der Waals surface area contributed by atoms with Crippen molar-refractivity contribution in [2.24, 2.45) is 11.3 Å². The number of benzene rings is 1. The van der Waals surface area contributed by atoms with Crippen molar-refractivity contribution < 1.29 is 0 Å². The first kappa shape index (κ1) is 15.7. The van der Waals surface area contributed by atoms with Gasteiger partial charge in [-0.05, 0) is 48.4 Å². The zero-order valence-electron chi connectivity index (χ0n) is 12.1. The zero-order chi connectivity index (χ0) is 13.6. The highest BCUT2D eigenvalue weighted by molar-refractivity contribution is 9.10. The Kier molecular flexibility index (Phi) is 6.37. The Morgan fingerprint density at radius 3 is 2.33 bits per heavy atom. The molecule has 102 valence electrons. The third-order valence-corrected chi connectivity index (χ3v) is 3.69. The molecule has 2 heteroatoms. The molecule has 1 N–H and O–H groups in total.